The van der Waals surface area contributed by atoms with Crippen molar-refractivity contribution < 1.29 is 9.18 Å². The van der Waals surface area contributed by atoms with Crippen molar-refractivity contribution in [3.63, 3.8) is 0 Å². The zero-order valence-electron chi connectivity index (χ0n) is 20.3. The van der Waals surface area contributed by atoms with Gasteiger partial charge in [0.25, 0.3) is 5.91 Å². The Kier molecular flexibility index (Phi) is 6.47. The van der Waals surface area contributed by atoms with Crippen molar-refractivity contribution in [3.8, 4) is 5.69 Å². The maximum atomic E-state index is 13.8. The summed E-state index contributed by atoms with van der Waals surface area (Å²) in [6, 6.07) is 13.5. The number of fused-ring (bicyclic) bond motifs is 1. The first-order chi connectivity index (χ1) is 17.7. The number of benzene rings is 3. The molecule has 5 aromatic rings. The van der Waals surface area contributed by atoms with Crippen LogP contribution in [0.2, 0.25) is 10.0 Å². The third kappa shape index (κ3) is 4.70. The van der Waals surface area contributed by atoms with Gasteiger partial charge in [0.05, 0.1) is 37.7 Å². The van der Waals surface area contributed by atoms with Crippen LogP contribution < -0.4 is 5.32 Å². The normalized spacial score (nSPS) is 13.0. The lowest BCUT2D eigenvalue weighted by Gasteiger charge is -2.29. The topological polar surface area (TPSA) is 88.5 Å². The summed E-state index contributed by atoms with van der Waals surface area (Å²) in [5.41, 5.74) is 4.70. The van der Waals surface area contributed by atoms with Gasteiger partial charge in [-0.05, 0) is 73.9 Å². The van der Waals surface area contributed by atoms with Gasteiger partial charge in [0, 0.05) is 6.54 Å². The number of amides is 1. The third-order valence-electron chi connectivity index (χ3n) is 6.67. The quantitative estimate of drug-likeness (QED) is 0.281. The lowest BCUT2D eigenvalue weighted by atomic mass is 9.81. The number of hydrogen-bond donors (Lipinski definition) is 2. The van der Waals surface area contributed by atoms with E-state index in [0.29, 0.717) is 11.5 Å². The van der Waals surface area contributed by atoms with Crippen molar-refractivity contribution >= 4 is 40.1 Å². The van der Waals surface area contributed by atoms with Crippen LogP contribution in [0.1, 0.15) is 39.8 Å². The predicted molar refractivity (Wildman–Crippen MR) is 142 cm³/mol. The van der Waals surface area contributed by atoms with Gasteiger partial charge in [0.1, 0.15) is 24.3 Å². The van der Waals surface area contributed by atoms with Gasteiger partial charge in [-0.15, -0.1) is 10.2 Å². The van der Waals surface area contributed by atoms with Crippen LogP contribution in [-0.4, -0.2) is 37.2 Å². The van der Waals surface area contributed by atoms with Gasteiger partial charge in [0.15, 0.2) is 0 Å². The number of aryl methyl sites for hydroxylation is 2. The molecular weight excluding hydrogens is 514 g/mol. The number of rotatable bonds is 6. The van der Waals surface area contributed by atoms with Gasteiger partial charge >= 0.3 is 0 Å². The van der Waals surface area contributed by atoms with E-state index in [1.54, 1.807) is 28.8 Å². The highest BCUT2D eigenvalue weighted by Gasteiger charge is 2.34. The molecule has 7 nitrogen and oxygen atoms in total. The van der Waals surface area contributed by atoms with Gasteiger partial charge in [-0.1, -0.05) is 35.3 Å². The molecule has 10 heteroatoms. The smallest absolute Gasteiger partial charge is 0.254 e. The Morgan fingerprint density at radius 2 is 1.65 bits per heavy atom. The summed E-state index contributed by atoms with van der Waals surface area (Å²) in [6.45, 7) is 6.16. The number of carbonyl (C=O) groups excluding carboxylic acids is 1. The molecule has 0 saturated heterocycles. The molecule has 5 rings (SSSR count). The van der Waals surface area contributed by atoms with E-state index in [1.165, 1.54) is 24.8 Å². The largest absolute Gasteiger partial charge is 0.351 e. The average molecular weight is 537 g/mol. The molecule has 1 atom stereocenters. The van der Waals surface area contributed by atoms with Crippen molar-refractivity contribution in [3.05, 3.63) is 105 Å². The molecule has 1 unspecified atom stereocenters. The summed E-state index contributed by atoms with van der Waals surface area (Å²) >= 11 is 12.9. The zero-order chi connectivity index (χ0) is 26.3. The molecule has 0 bridgehead atoms. The number of halogens is 3. The highest BCUT2D eigenvalue weighted by molar-refractivity contribution is 6.40. The Bertz CT molecular complexity index is 1550. The molecule has 1 amide bonds. The molecule has 0 aliphatic rings. The van der Waals surface area contributed by atoms with Crippen LogP contribution >= 0.6 is 23.2 Å². The number of imidazole rings is 1. The van der Waals surface area contributed by atoms with E-state index in [9.17, 15) is 9.18 Å². The van der Waals surface area contributed by atoms with E-state index in [2.05, 4.69) is 20.5 Å². The first-order valence-corrected chi connectivity index (χ1v) is 12.3. The van der Waals surface area contributed by atoms with E-state index in [-0.39, 0.29) is 28.0 Å². The van der Waals surface area contributed by atoms with Crippen molar-refractivity contribution in [1.29, 1.82) is 0 Å². The third-order valence-corrected chi connectivity index (χ3v) is 7.27. The molecular formula is C27H23Cl2FN6O. The molecule has 0 aliphatic heterocycles. The maximum absolute atomic E-state index is 13.8. The fourth-order valence-electron chi connectivity index (χ4n) is 4.28. The lowest BCUT2D eigenvalue weighted by molar-refractivity contribution is 0.0947. The molecule has 0 spiro atoms. The lowest BCUT2D eigenvalue weighted by Crippen LogP contribution is -2.40. The average Bonchev–Trinajstić information content (AvgIpc) is 3.53. The monoisotopic (exact) mass is 536 g/mol. The van der Waals surface area contributed by atoms with Crippen molar-refractivity contribution in [2.75, 3.05) is 6.54 Å². The second-order valence-electron chi connectivity index (χ2n) is 9.21. The minimum absolute atomic E-state index is 0.148. The molecule has 0 fully saturated rings. The summed E-state index contributed by atoms with van der Waals surface area (Å²) in [7, 11) is 0. The van der Waals surface area contributed by atoms with E-state index in [0.717, 1.165) is 27.7 Å². The summed E-state index contributed by atoms with van der Waals surface area (Å²) in [6.07, 6.45) is 3.01. The highest BCUT2D eigenvalue weighted by atomic mass is 35.5. The summed E-state index contributed by atoms with van der Waals surface area (Å²) in [5.74, 6) is -0.154. The minimum atomic E-state index is -0.814. The number of aromatic amines is 1. The van der Waals surface area contributed by atoms with E-state index < -0.39 is 11.3 Å². The molecule has 0 aliphatic carbocycles. The van der Waals surface area contributed by atoms with Gasteiger partial charge < -0.3 is 10.3 Å². The predicted octanol–water partition coefficient (Wildman–Crippen LogP) is 5.94. The fraction of sp³-hybridized carbons (Fsp3) is 0.185. The first-order valence-electron chi connectivity index (χ1n) is 11.5. The highest BCUT2D eigenvalue weighted by Crippen LogP contribution is 2.33. The van der Waals surface area contributed by atoms with E-state index in [1.807, 2.05) is 32.9 Å². The van der Waals surface area contributed by atoms with Gasteiger partial charge in [-0.2, -0.15) is 0 Å². The summed E-state index contributed by atoms with van der Waals surface area (Å²) in [5, 5.41) is 10.9. The van der Waals surface area contributed by atoms with Crippen LogP contribution in [0.4, 0.5) is 4.39 Å². The van der Waals surface area contributed by atoms with Crippen molar-refractivity contribution in [1.82, 2.24) is 30.0 Å². The second kappa shape index (κ2) is 9.61. The number of carbonyl (C=O) groups is 1. The van der Waals surface area contributed by atoms with Crippen LogP contribution in [-0.2, 0) is 5.41 Å². The maximum Gasteiger partial charge on any atom is 0.254 e. The second-order valence-corrected chi connectivity index (χ2v) is 10.0. The summed E-state index contributed by atoms with van der Waals surface area (Å²) < 4.78 is 15.4. The Balaban J connectivity index is 1.50. The molecule has 2 aromatic heterocycles. The molecule has 2 heterocycles. The number of nitrogens with zero attached hydrogens (tertiary/aromatic N) is 4. The van der Waals surface area contributed by atoms with Crippen LogP contribution in [0.5, 0.6) is 0 Å². The number of H-pyrrole nitrogens is 1. The molecule has 0 radical (unpaired) electrons. The first kappa shape index (κ1) is 24.9. The van der Waals surface area contributed by atoms with Crippen LogP contribution in [0.3, 0.4) is 0 Å². The molecule has 188 valence electrons. The molecule has 37 heavy (non-hydrogen) atoms. The molecule has 0 saturated carbocycles. The number of aromatic nitrogens is 5. The fourth-order valence-corrected chi connectivity index (χ4v) is 4.92. The molecule has 2 N–H and O–H groups in total. The van der Waals surface area contributed by atoms with Gasteiger partial charge in [0.2, 0.25) is 0 Å². The Morgan fingerprint density at radius 3 is 2.30 bits per heavy atom. The minimum Gasteiger partial charge on any atom is -0.351 e. The zero-order valence-corrected chi connectivity index (χ0v) is 21.8. The standard InChI is InChI=1S/C27H23Cl2FN6O/c1-15-8-22-23(9-16(15)2)35-26(34-22)27(3,17-4-6-18(30)7-5-17)12-31-25(37)24-20(28)10-19(11-21(24)29)36-13-32-33-14-36/h4-11,13-14H,12H2,1-3H3,(H,31,37)(H,34,35). The van der Waals surface area contributed by atoms with Crippen molar-refractivity contribution in [2.45, 2.75) is 26.2 Å². The van der Waals surface area contributed by atoms with E-state index in [4.69, 9.17) is 28.2 Å². The Labute approximate surface area is 222 Å². The van der Waals surface area contributed by atoms with Crippen LogP contribution in [0.15, 0.2) is 61.2 Å². The van der Waals surface area contributed by atoms with Crippen LogP contribution in [0.25, 0.3) is 16.7 Å². The Morgan fingerprint density at radius 1 is 1.03 bits per heavy atom. The van der Waals surface area contributed by atoms with E-state index >= 15 is 0 Å². The SMILES string of the molecule is Cc1cc2nc(C(C)(CNC(=O)c3c(Cl)cc(-n4cnnc4)cc3Cl)c3ccc(F)cc3)[nH]c2cc1C. The number of hydrogen-bond acceptors (Lipinski definition) is 4. The molecule has 3 aromatic carbocycles. The summed E-state index contributed by atoms with van der Waals surface area (Å²) in [4.78, 5) is 21.6. The van der Waals surface area contributed by atoms with Gasteiger partial charge in [-0.3, -0.25) is 9.36 Å². The van der Waals surface area contributed by atoms with Crippen molar-refractivity contribution in [2.24, 2.45) is 0 Å². The Hall–Kier alpha value is -3.75. The number of nitrogens with one attached hydrogen (secondary N) is 2. The van der Waals surface area contributed by atoms with Gasteiger partial charge in [-0.25, -0.2) is 9.37 Å². The van der Waals surface area contributed by atoms with Crippen LogP contribution in [0, 0.1) is 19.7 Å².